The first-order valence-corrected chi connectivity index (χ1v) is 11.1. The van der Waals surface area contributed by atoms with Crippen LogP contribution in [0.1, 0.15) is 37.7 Å². The molecule has 0 bridgehead atoms. The van der Waals surface area contributed by atoms with Gasteiger partial charge in [-0.2, -0.15) is 0 Å². The van der Waals surface area contributed by atoms with E-state index < -0.39 is 5.25 Å². The van der Waals surface area contributed by atoms with Gasteiger partial charge in [-0.3, -0.25) is 4.79 Å². The highest BCUT2D eigenvalue weighted by molar-refractivity contribution is 8.00. The quantitative estimate of drug-likeness (QED) is 0.573. The van der Waals surface area contributed by atoms with Crippen LogP contribution in [0.25, 0.3) is 0 Å². The molecule has 2 aromatic carbocycles. The van der Waals surface area contributed by atoms with Crippen molar-refractivity contribution < 1.29 is 13.9 Å². The van der Waals surface area contributed by atoms with Crippen LogP contribution >= 0.6 is 11.8 Å². The van der Waals surface area contributed by atoms with Crippen molar-refractivity contribution in [3.63, 3.8) is 0 Å². The normalized spacial score (nSPS) is 17.5. The summed E-state index contributed by atoms with van der Waals surface area (Å²) in [5.74, 6) is 1.05. The molecule has 7 nitrogen and oxygen atoms in total. The van der Waals surface area contributed by atoms with Gasteiger partial charge in [0, 0.05) is 12.1 Å². The highest BCUT2D eigenvalue weighted by Gasteiger charge is 2.37. The lowest BCUT2D eigenvalue weighted by atomic mass is 10.0. The van der Waals surface area contributed by atoms with Gasteiger partial charge in [0.1, 0.15) is 16.8 Å². The van der Waals surface area contributed by atoms with Crippen molar-refractivity contribution >= 4 is 23.4 Å². The zero-order valence-corrected chi connectivity index (χ0v) is 18.2. The van der Waals surface area contributed by atoms with Crippen molar-refractivity contribution in [2.45, 2.75) is 43.1 Å². The van der Waals surface area contributed by atoms with Crippen LogP contribution in [0.4, 0.5) is 10.1 Å². The summed E-state index contributed by atoms with van der Waals surface area (Å²) < 4.78 is 20.8. The second-order valence-corrected chi connectivity index (χ2v) is 8.24. The maximum absolute atomic E-state index is 13.5. The number of aryl methyl sites for hydroxylation is 1. The number of amides is 1. The first-order valence-electron chi connectivity index (χ1n) is 10.3. The fraction of sp³-hybridized carbons (Fsp3) is 0.318. The number of rotatable bonds is 7. The molecule has 1 amide bonds. The molecule has 3 aromatic rings. The number of nitrogens with one attached hydrogen (secondary N) is 2. The zero-order chi connectivity index (χ0) is 21.8. The Hall–Kier alpha value is -3.07. The van der Waals surface area contributed by atoms with Gasteiger partial charge in [0.2, 0.25) is 11.1 Å². The summed E-state index contributed by atoms with van der Waals surface area (Å²) >= 11 is 1.35. The minimum atomic E-state index is -0.525. The lowest BCUT2D eigenvalue weighted by molar-refractivity contribution is -0.116. The van der Waals surface area contributed by atoms with Gasteiger partial charge in [-0.05, 0) is 55.3 Å². The number of hydrogen-bond acceptors (Lipinski definition) is 6. The predicted molar refractivity (Wildman–Crippen MR) is 118 cm³/mol. The third kappa shape index (κ3) is 4.66. The number of benzene rings is 2. The number of carbonyl (C=O) groups excluding carboxylic acids is 1. The molecule has 4 rings (SSSR count). The molecular weight excluding hydrogens is 417 g/mol. The SMILES string of the molecule is CCCc1nnc2n1N[C@H](c1ccc(F)cc1)[C@@H](C(=O)Nc1ccc(OCC)cc1)S2. The van der Waals surface area contributed by atoms with E-state index >= 15 is 0 Å². The number of anilines is 1. The third-order valence-corrected chi connectivity index (χ3v) is 6.11. The van der Waals surface area contributed by atoms with Crippen LogP contribution in [0.3, 0.4) is 0 Å². The Morgan fingerprint density at radius 2 is 1.90 bits per heavy atom. The van der Waals surface area contributed by atoms with Gasteiger partial charge in [0.15, 0.2) is 5.82 Å². The van der Waals surface area contributed by atoms with Gasteiger partial charge < -0.3 is 15.5 Å². The number of thioether (sulfide) groups is 1. The van der Waals surface area contributed by atoms with Crippen molar-refractivity contribution in [2.75, 3.05) is 17.3 Å². The Morgan fingerprint density at radius 3 is 2.58 bits per heavy atom. The Kier molecular flexibility index (Phi) is 6.41. The van der Waals surface area contributed by atoms with Crippen molar-refractivity contribution in [3.8, 4) is 5.75 Å². The molecule has 0 saturated heterocycles. The van der Waals surface area contributed by atoms with Crippen LogP contribution in [-0.2, 0) is 11.2 Å². The van der Waals surface area contributed by atoms with Crippen LogP contribution in [0.2, 0.25) is 0 Å². The Labute approximate surface area is 184 Å². The van der Waals surface area contributed by atoms with Gasteiger partial charge >= 0.3 is 0 Å². The van der Waals surface area contributed by atoms with E-state index in [4.69, 9.17) is 4.74 Å². The summed E-state index contributed by atoms with van der Waals surface area (Å²) in [5.41, 5.74) is 4.86. The number of nitrogens with zero attached hydrogens (tertiary/aromatic N) is 3. The highest BCUT2D eigenvalue weighted by atomic mass is 32.2. The first kappa shape index (κ1) is 21.2. The number of hydrogen-bond donors (Lipinski definition) is 2. The number of carbonyl (C=O) groups is 1. The molecule has 0 spiro atoms. The molecule has 162 valence electrons. The molecule has 1 aliphatic heterocycles. The summed E-state index contributed by atoms with van der Waals surface area (Å²) in [6.07, 6.45) is 1.69. The average Bonchev–Trinajstić information content (AvgIpc) is 3.17. The Morgan fingerprint density at radius 1 is 1.16 bits per heavy atom. The number of aromatic nitrogens is 3. The molecular formula is C22H24FN5O2S. The smallest absolute Gasteiger partial charge is 0.240 e. The van der Waals surface area contributed by atoms with Crippen molar-refractivity contribution in [1.29, 1.82) is 0 Å². The van der Waals surface area contributed by atoms with E-state index in [2.05, 4.69) is 27.9 Å². The number of halogens is 1. The van der Waals surface area contributed by atoms with E-state index in [-0.39, 0.29) is 17.8 Å². The molecule has 9 heteroatoms. The average molecular weight is 442 g/mol. The Bertz CT molecular complexity index is 1040. The van der Waals surface area contributed by atoms with E-state index in [0.717, 1.165) is 30.0 Å². The second kappa shape index (κ2) is 9.38. The molecule has 2 heterocycles. The van der Waals surface area contributed by atoms with Crippen molar-refractivity contribution in [1.82, 2.24) is 14.9 Å². The molecule has 0 saturated carbocycles. The van der Waals surface area contributed by atoms with Crippen molar-refractivity contribution in [2.24, 2.45) is 0 Å². The molecule has 1 aromatic heterocycles. The van der Waals surface area contributed by atoms with Crippen molar-refractivity contribution in [3.05, 3.63) is 65.7 Å². The fourth-order valence-corrected chi connectivity index (χ4v) is 4.52. The summed E-state index contributed by atoms with van der Waals surface area (Å²) in [6.45, 7) is 4.57. The molecule has 0 unspecified atom stereocenters. The van der Waals surface area contributed by atoms with Crippen LogP contribution in [0, 0.1) is 5.82 Å². The molecule has 1 aliphatic rings. The van der Waals surface area contributed by atoms with E-state index in [1.807, 2.05) is 23.7 Å². The number of ether oxygens (including phenoxy) is 1. The molecule has 31 heavy (non-hydrogen) atoms. The molecule has 0 radical (unpaired) electrons. The van der Waals surface area contributed by atoms with E-state index in [9.17, 15) is 9.18 Å². The van der Waals surface area contributed by atoms with Crippen LogP contribution < -0.4 is 15.5 Å². The highest BCUT2D eigenvalue weighted by Crippen LogP contribution is 2.37. The molecule has 2 atom stereocenters. The first-order chi connectivity index (χ1) is 15.1. The number of fused-ring (bicyclic) bond motifs is 1. The van der Waals surface area contributed by atoms with Gasteiger partial charge in [-0.25, -0.2) is 9.07 Å². The van der Waals surface area contributed by atoms with E-state index in [1.54, 1.807) is 24.3 Å². The van der Waals surface area contributed by atoms with Gasteiger partial charge in [0.05, 0.1) is 12.6 Å². The Balaban J connectivity index is 1.60. The monoisotopic (exact) mass is 441 g/mol. The van der Waals surface area contributed by atoms with Gasteiger partial charge in [-0.15, -0.1) is 10.2 Å². The second-order valence-electron chi connectivity index (χ2n) is 7.13. The van der Waals surface area contributed by atoms with E-state index in [1.165, 1.54) is 23.9 Å². The lowest BCUT2D eigenvalue weighted by Gasteiger charge is -2.33. The van der Waals surface area contributed by atoms with Gasteiger partial charge in [-0.1, -0.05) is 30.8 Å². The molecule has 0 aliphatic carbocycles. The minimum absolute atomic E-state index is 0.178. The topological polar surface area (TPSA) is 81.1 Å². The maximum Gasteiger partial charge on any atom is 0.240 e. The maximum atomic E-state index is 13.5. The predicted octanol–water partition coefficient (Wildman–Crippen LogP) is 4.17. The van der Waals surface area contributed by atoms with Gasteiger partial charge in [0.25, 0.3) is 0 Å². The largest absolute Gasteiger partial charge is 0.494 e. The fourth-order valence-electron chi connectivity index (χ4n) is 3.42. The summed E-state index contributed by atoms with van der Waals surface area (Å²) in [5, 5.41) is 11.6. The molecule has 0 fully saturated rings. The lowest BCUT2D eigenvalue weighted by Crippen LogP contribution is -2.41. The molecule has 2 N–H and O–H groups in total. The summed E-state index contributed by atoms with van der Waals surface area (Å²) in [6, 6.07) is 13.0. The van der Waals surface area contributed by atoms with E-state index in [0.29, 0.717) is 17.5 Å². The standard InChI is InChI=1S/C22H24FN5O2S/c1-3-5-18-25-26-22-28(18)27-19(14-6-8-15(23)9-7-14)20(31-22)21(29)24-16-10-12-17(13-11-16)30-4-2/h6-13,19-20,27H,3-5H2,1-2H3,(H,24,29)/t19-,20+/m1/s1. The van der Waals surface area contributed by atoms with Crippen LogP contribution in [-0.4, -0.2) is 32.6 Å². The van der Waals surface area contributed by atoms with Crippen LogP contribution in [0.5, 0.6) is 5.75 Å². The zero-order valence-electron chi connectivity index (χ0n) is 17.3. The van der Waals surface area contributed by atoms with Crippen LogP contribution in [0.15, 0.2) is 53.7 Å². The third-order valence-electron chi connectivity index (χ3n) is 4.90. The summed E-state index contributed by atoms with van der Waals surface area (Å²) in [4.78, 5) is 13.2. The summed E-state index contributed by atoms with van der Waals surface area (Å²) in [7, 11) is 0. The minimum Gasteiger partial charge on any atom is -0.494 e.